The van der Waals surface area contributed by atoms with Gasteiger partial charge in [0.1, 0.15) is 5.69 Å². The summed E-state index contributed by atoms with van der Waals surface area (Å²) in [5.41, 5.74) is -0.172. The van der Waals surface area contributed by atoms with E-state index >= 15 is 0 Å². The molecule has 0 heterocycles. The summed E-state index contributed by atoms with van der Waals surface area (Å²) in [6.07, 6.45) is 0. The molecule has 0 aliphatic rings. The van der Waals surface area contributed by atoms with Crippen molar-refractivity contribution in [3.63, 3.8) is 0 Å². The van der Waals surface area contributed by atoms with E-state index in [1.165, 1.54) is 18.2 Å². The molecule has 10 heavy (non-hydrogen) atoms. The summed E-state index contributed by atoms with van der Waals surface area (Å²) in [5.74, 6) is -0.599. The van der Waals surface area contributed by atoms with Gasteiger partial charge in [-0.1, -0.05) is 15.9 Å². The predicted octanol–water partition coefficient (Wildman–Crippen LogP) is 2.99. The van der Waals surface area contributed by atoms with Crippen molar-refractivity contribution in [1.82, 2.24) is 0 Å². The minimum atomic E-state index is -0.599. The van der Waals surface area contributed by atoms with Crippen molar-refractivity contribution in [3.8, 4) is 0 Å². The minimum absolute atomic E-state index is 0.172. The van der Waals surface area contributed by atoms with Gasteiger partial charge in [-0.2, -0.15) is 0 Å². The number of hydrogen-bond donors (Lipinski definition) is 0. The Kier molecular flexibility index (Phi) is 2.11. The van der Waals surface area contributed by atoms with Gasteiger partial charge in [-0.05, 0) is 23.4 Å². The molecule has 1 rings (SSSR count). The summed E-state index contributed by atoms with van der Waals surface area (Å²) in [6, 6.07) is 4.01. The molecule has 2 nitrogen and oxygen atoms in total. The molecule has 0 saturated heterocycles. The number of nitroso groups, excluding NO2 is 1. The molecule has 0 saturated carbocycles. The highest BCUT2D eigenvalue weighted by atomic mass is 79.9. The zero-order valence-electron chi connectivity index (χ0n) is 4.84. The molecule has 0 aromatic heterocycles. The largest absolute Gasteiger partial charge is 0.204 e. The van der Waals surface area contributed by atoms with Crippen molar-refractivity contribution in [2.24, 2.45) is 5.18 Å². The fourth-order valence-electron chi connectivity index (χ4n) is 0.556. The van der Waals surface area contributed by atoms with Crippen LogP contribution in [0.2, 0.25) is 0 Å². The third kappa shape index (κ3) is 1.39. The Hall–Kier alpha value is -0.770. The van der Waals surface area contributed by atoms with Gasteiger partial charge in [0.25, 0.3) is 0 Å². The highest BCUT2D eigenvalue weighted by Gasteiger charge is 2.00. The lowest BCUT2D eigenvalue weighted by Gasteiger charge is -1.91. The minimum Gasteiger partial charge on any atom is -0.204 e. The van der Waals surface area contributed by atoms with Gasteiger partial charge < -0.3 is 0 Å². The zero-order chi connectivity index (χ0) is 7.56. The van der Waals surface area contributed by atoms with Crippen LogP contribution in [0.3, 0.4) is 0 Å². The lowest BCUT2D eigenvalue weighted by atomic mass is 10.3. The van der Waals surface area contributed by atoms with E-state index < -0.39 is 5.82 Å². The number of rotatable bonds is 1. The molecule has 0 N–H and O–H groups in total. The first-order valence-corrected chi connectivity index (χ1v) is 3.32. The Morgan fingerprint density at radius 1 is 1.50 bits per heavy atom. The van der Waals surface area contributed by atoms with Crippen molar-refractivity contribution in [3.05, 3.63) is 33.4 Å². The molecule has 1 aromatic rings. The summed E-state index contributed by atoms with van der Waals surface area (Å²) in [4.78, 5) is 9.87. The Bertz CT molecular complexity index is 264. The van der Waals surface area contributed by atoms with Crippen LogP contribution in [0, 0.1) is 10.7 Å². The van der Waals surface area contributed by atoms with E-state index in [9.17, 15) is 9.30 Å². The van der Waals surface area contributed by atoms with Gasteiger partial charge >= 0.3 is 0 Å². The summed E-state index contributed by atoms with van der Waals surface area (Å²) < 4.78 is 13.1. The van der Waals surface area contributed by atoms with E-state index in [2.05, 4.69) is 21.1 Å². The van der Waals surface area contributed by atoms with Crippen molar-refractivity contribution < 1.29 is 4.39 Å². The average Bonchev–Trinajstić information content (AvgIpc) is 1.94. The Balaban J connectivity index is 3.21. The fourth-order valence-corrected chi connectivity index (χ4v) is 0.905. The number of hydrogen-bond acceptors (Lipinski definition) is 2. The van der Waals surface area contributed by atoms with Crippen LogP contribution in [0.1, 0.15) is 0 Å². The molecule has 0 aliphatic carbocycles. The van der Waals surface area contributed by atoms with E-state index in [0.29, 0.717) is 4.47 Å². The molecule has 0 fully saturated rings. The van der Waals surface area contributed by atoms with Crippen molar-refractivity contribution in [2.75, 3.05) is 0 Å². The number of halogens is 2. The Morgan fingerprint density at radius 3 is 2.70 bits per heavy atom. The van der Waals surface area contributed by atoms with E-state index in [4.69, 9.17) is 0 Å². The third-order valence-electron chi connectivity index (χ3n) is 1.01. The second-order valence-corrected chi connectivity index (χ2v) is 2.60. The molecule has 52 valence electrons. The van der Waals surface area contributed by atoms with E-state index in [1.54, 1.807) is 0 Å². The molecule has 1 aromatic carbocycles. The molecule has 0 radical (unpaired) electrons. The van der Waals surface area contributed by atoms with Gasteiger partial charge in [-0.15, -0.1) is 4.91 Å². The molecular weight excluding hydrogens is 201 g/mol. The summed E-state index contributed by atoms with van der Waals surface area (Å²) in [7, 11) is 0. The van der Waals surface area contributed by atoms with Gasteiger partial charge in [-0.3, -0.25) is 0 Å². The van der Waals surface area contributed by atoms with E-state index in [-0.39, 0.29) is 5.69 Å². The van der Waals surface area contributed by atoms with Crippen LogP contribution in [0.15, 0.2) is 27.8 Å². The van der Waals surface area contributed by atoms with Crippen LogP contribution in [-0.4, -0.2) is 0 Å². The highest BCUT2D eigenvalue weighted by Crippen LogP contribution is 2.21. The number of nitrogens with zero attached hydrogens (tertiary/aromatic N) is 1. The quantitative estimate of drug-likeness (QED) is 0.646. The predicted molar refractivity (Wildman–Crippen MR) is 39.6 cm³/mol. The molecule has 0 bridgehead atoms. The Morgan fingerprint density at radius 2 is 2.20 bits per heavy atom. The molecular formula is C6H3BrFNO. The first-order valence-electron chi connectivity index (χ1n) is 2.52. The molecule has 0 spiro atoms. The maximum absolute atomic E-state index is 12.5. The van der Waals surface area contributed by atoms with Crippen LogP contribution in [0.4, 0.5) is 10.1 Å². The maximum atomic E-state index is 12.5. The second kappa shape index (κ2) is 2.88. The van der Waals surface area contributed by atoms with Crippen LogP contribution >= 0.6 is 15.9 Å². The monoisotopic (exact) mass is 203 g/mol. The lowest BCUT2D eigenvalue weighted by Crippen LogP contribution is -1.73. The van der Waals surface area contributed by atoms with Crippen LogP contribution in [0.25, 0.3) is 0 Å². The van der Waals surface area contributed by atoms with Gasteiger partial charge in [0, 0.05) is 4.47 Å². The molecule has 0 amide bonds. The smallest absolute Gasteiger partial charge is 0.152 e. The first-order chi connectivity index (χ1) is 4.74. The van der Waals surface area contributed by atoms with Gasteiger partial charge in [0.05, 0.1) is 0 Å². The first kappa shape index (κ1) is 7.34. The summed E-state index contributed by atoms with van der Waals surface area (Å²) in [6.45, 7) is 0. The van der Waals surface area contributed by atoms with Crippen molar-refractivity contribution in [2.45, 2.75) is 0 Å². The highest BCUT2D eigenvalue weighted by molar-refractivity contribution is 9.10. The molecule has 0 unspecified atom stereocenters. The van der Waals surface area contributed by atoms with Gasteiger partial charge in [0.15, 0.2) is 5.82 Å². The molecule has 4 heteroatoms. The fraction of sp³-hybridized carbons (Fsp3) is 0. The second-order valence-electron chi connectivity index (χ2n) is 1.69. The maximum Gasteiger partial charge on any atom is 0.152 e. The lowest BCUT2D eigenvalue weighted by molar-refractivity contribution is 0.629. The summed E-state index contributed by atoms with van der Waals surface area (Å²) >= 11 is 3.07. The molecule has 0 aliphatic heterocycles. The molecule has 0 atom stereocenters. The van der Waals surface area contributed by atoms with Crippen molar-refractivity contribution in [1.29, 1.82) is 0 Å². The topological polar surface area (TPSA) is 29.4 Å². The van der Waals surface area contributed by atoms with E-state index in [0.717, 1.165) is 0 Å². The van der Waals surface area contributed by atoms with E-state index in [1.807, 2.05) is 0 Å². The SMILES string of the molecule is O=Nc1cc(Br)ccc1F. The Labute approximate surface area is 65.2 Å². The van der Waals surface area contributed by atoms with Crippen LogP contribution in [-0.2, 0) is 0 Å². The van der Waals surface area contributed by atoms with Crippen LogP contribution in [0.5, 0.6) is 0 Å². The average molecular weight is 204 g/mol. The number of benzene rings is 1. The summed E-state index contributed by atoms with van der Waals surface area (Å²) in [5, 5.41) is 2.48. The zero-order valence-corrected chi connectivity index (χ0v) is 6.43. The third-order valence-corrected chi connectivity index (χ3v) is 1.50. The normalized spacial score (nSPS) is 9.40. The van der Waals surface area contributed by atoms with Crippen molar-refractivity contribution >= 4 is 21.6 Å². The van der Waals surface area contributed by atoms with Gasteiger partial charge in [0.2, 0.25) is 0 Å². The van der Waals surface area contributed by atoms with Crippen LogP contribution < -0.4 is 0 Å². The van der Waals surface area contributed by atoms with Gasteiger partial charge in [-0.25, -0.2) is 4.39 Å². The standard InChI is InChI=1S/C6H3BrFNO/c7-4-1-2-5(8)6(3-4)9-10/h1-3H.